The first-order valence-electron chi connectivity index (χ1n) is 9.74. The largest absolute Gasteiger partial charge is 0.299 e. The zero-order valence-corrected chi connectivity index (χ0v) is 15.9. The van der Waals surface area contributed by atoms with Crippen LogP contribution in [0.25, 0.3) is 0 Å². The molecule has 1 aromatic heterocycles. The average molecular weight is 371 g/mol. The maximum atomic E-state index is 13.1. The van der Waals surface area contributed by atoms with E-state index < -0.39 is 0 Å². The first-order chi connectivity index (χ1) is 12.8. The zero-order valence-electron chi connectivity index (χ0n) is 15.1. The van der Waals surface area contributed by atoms with Crippen LogP contribution in [0.2, 0.25) is 0 Å². The van der Waals surface area contributed by atoms with Crippen molar-refractivity contribution in [2.75, 3.05) is 18.4 Å². The summed E-state index contributed by atoms with van der Waals surface area (Å²) in [5, 5.41) is 13.4. The highest BCUT2D eigenvalue weighted by atomic mass is 32.1. The minimum atomic E-state index is -0.249. The van der Waals surface area contributed by atoms with Gasteiger partial charge in [-0.15, -0.1) is 10.2 Å². The smallest absolute Gasteiger partial charge is 0.248 e. The molecule has 2 heterocycles. The molecular weight excluding hydrogens is 344 g/mol. The number of nitrogens with zero attached hydrogens (tertiary/aromatic N) is 3. The second-order valence-corrected chi connectivity index (χ2v) is 8.34. The molecule has 0 unspecified atom stereocenters. The van der Waals surface area contributed by atoms with Gasteiger partial charge in [-0.3, -0.25) is 15.0 Å². The molecule has 0 radical (unpaired) electrons. The molecule has 26 heavy (non-hydrogen) atoms. The zero-order chi connectivity index (χ0) is 17.8. The lowest BCUT2D eigenvalue weighted by atomic mass is 9.90. The Hall–Kier alpha value is -1.79. The van der Waals surface area contributed by atoms with E-state index in [1.54, 1.807) is 11.3 Å². The summed E-state index contributed by atoms with van der Waals surface area (Å²) in [5.41, 5.74) is 1.05. The van der Waals surface area contributed by atoms with Gasteiger partial charge in [-0.05, 0) is 44.3 Å². The lowest BCUT2D eigenvalue weighted by Crippen LogP contribution is -2.35. The van der Waals surface area contributed by atoms with Gasteiger partial charge in [0.1, 0.15) is 11.0 Å². The van der Waals surface area contributed by atoms with Gasteiger partial charge in [0.25, 0.3) is 0 Å². The molecule has 0 bridgehead atoms. The summed E-state index contributed by atoms with van der Waals surface area (Å²) in [5.74, 6) is 0.528. The molecule has 2 aliphatic rings. The lowest BCUT2D eigenvalue weighted by Gasteiger charge is -2.26. The second-order valence-electron chi connectivity index (χ2n) is 7.33. The highest BCUT2D eigenvalue weighted by molar-refractivity contribution is 7.15. The van der Waals surface area contributed by atoms with E-state index in [1.807, 2.05) is 30.3 Å². The molecule has 1 atom stereocenters. The Labute approximate surface area is 158 Å². The third-order valence-corrected chi connectivity index (χ3v) is 6.50. The summed E-state index contributed by atoms with van der Waals surface area (Å²) < 4.78 is 0. The number of anilines is 1. The highest BCUT2D eigenvalue weighted by Crippen LogP contribution is 2.35. The number of nitrogens with one attached hydrogen (secondary N) is 1. The maximum absolute atomic E-state index is 13.1. The maximum Gasteiger partial charge on any atom is 0.248 e. The van der Waals surface area contributed by atoms with Crippen LogP contribution in [0.15, 0.2) is 30.3 Å². The average Bonchev–Trinajstić information content (AvgIpc) is 3.36. The first-order valence-corrected chi connectivity index (χ1v) is 10.6. The van der Waals surface area contributed by atoms with Gasteiger partial charge in [-0.1, -0.05) is 60.9 Å². The monoisotopic (exact) mass is 370 g/mol. The standard InChI is InChI=1S/C20H26N4OS/c25-18(17(24-13-7-8-14-24)15-9-3-1-4-10-15)21-20-23-22-19(26-20)16-11-5-2-6-12-16/h1,3-4,9-10,16-17H,2,5-8,11-14H2,(H,21,23,25)/t17-/m0/s1. The molecule has 1 N–H and O–H groups in total. The van der Waals surface area contributed by atoms with E-state index in [0.717, 1.165) is 36.5 Å². The number of hydrogen-bond donors (Lipinski definition) is 1. The van der Waals surface area contributed by atoms with Gasteiger partial charge in [0.2, 0.25) is 11.0 Å². The van der Waals surface area contributed by atoms with Crippen molar-refractivity contribution in [3.63, 3.8) is 0 Å². The summed E-state index contributed by atoms with van der Waals surface area (Å²) in [4.78, 5) is 15.3. The van der Waals surface area contributed by atoms with Crippen molar-refractivity contribution in [2.45, 2.75) is 56.9 Å². The Morgan fingerprint density at radius 3 is 2.50 bits per heavy atom. The van der Waals surface area contributed by atoms with Crippen molar-refractivity contribution in [1.82, 2.24) is 15.1 Å². The second kappa shape index (κ2) is 8.27. The Morgan fingerprint density at radius 2 is 1.77 bits per heavy atom. The van der Waals surface area contributed by atoms with Gasteiger partial charge in [0.15, 0.2) is 0 Å². The van der Waals surface area contributed by atoms with Crippen LogP contribution in [0.1, 0.15) is 67.5 Å². The van der Waals surface area contributed by atoms with E-state index >= 15 is 0 Å². The molecule has 6 heteroatoms. The molecule has 1 saturated heterocycles. The minimum absolute atomic E-state index is 0.00411. The third-order valence-electron chi connectivity index (χ3n) is 5.49. The van der Waals surface area contributed by atoms with Gasteiger partial charge in [-0.2, -0.15) is 0 Å². The molecular formula is C20H26N4OS. The number of hydrogen-bond acceptors (Lipinski definition) is 5. The summed E-state index contributed by atoms with van der Waals surface area (Å²) in [7, 11) is 0. The molecule has 0 spiro atoms. The van der Waals surface area contributed by atoms with Gasteiger partial charge in [0, 0.05) is 5.92 Å². The number of carbonyl (C=O) groups is 1. The van der Waals surface area contributed by atoms with E-state index in [-0.39, 0.29) is 11.9 Å². The Kier molecular flexibility index (Phi) is 5.60. The van der Waals surface area contributed by atoms with E-state index in [0.29, 0.717) is 11.0 Å². The fourth-order valence-corrected chi connectivity index (χ4v) is 5.05. The highest BCUT2D eigenvalue weighted by Gasteiger charge is 2.30. The molecule has 1 saturated carbocycles. The summed E-state index contributed by atoms with van der Waals surface area (Å²) in [6.45, 7) is 1.94. The quantitative estimate of drug-likeness (QED) is 0.849. The SMILES string of the molecule is O=C(Nc1nnc(C2CCCCC2)s1)[C@H](c1ccccc1)N1CCCC1. The molecule has 4 rings (SSSR count). The van der Waals surface area contributed by atoms with Gasteiger partial charge in [0.05, 0.1) is 0 Å². The number of aromatic nitrogens is 2. The van der Waals surface area contributed by atoms with Crippen molar-refractivity contribution in [3.05, 3.63) is 40.9 Å². The van der Waals surface area contributed by atoms with Crippen molar-refractivity contribution in [3.8, 4) is 0 Å². The number of rotatable bonds is 5. The van der Waals surface area contributed by atoms with Crippen LogP contribution in [0.5, 0.6) is 0 Å². The van der Waals surface area contributed by atoms with Crippen LogP contribution in [0, 0.1) is 0 Å². The normalized spacial score (nSPS) is 20.2. The lowest BCUT2D eigenvalue weighted by molar-refractivity contribution is -0.121. The summed E-state index contributed by atoms with van der Waals surface area (Å²) >= 11 is 1.55. The Morgan fingerprint density at radius 1 is 1.04 bits per heavy atom. The molecule has 5 nitrogen and oxygen atoms in total. The van der Waals surface area contributed by atoms with Gasteiger partial charge in [-0.25, -0.2) is 0 Å². The fraction of sp³-hybridized carbons (Fsp3) is 0.550. The van der Waals surface area contributed by atoms with Crippen molar-refractivity contribution in [1.29, 1.82) is 0 Å². The van der Waals surface area contributed by atoms with E-state index in [1.165, 1.54) is 32.1 Å². The number of likely N-dealkylation sites (tertiary alicyclic amines) is 1. The predicted octanol–water partition coefficient (Wildman–Crippen LogP) is 4.36. The van der Waals surface area contributed by atoms with Crippen molar-refractivity contribution < 1.29 is 4.79 Å². The minimum Gasteiger partial charge on any atom is -0.299 e. The Balaban J connectivity index is 1.48. The summed E-state index contributed by atoms with van der Waals surface area (Å²) in [6.07, 6.45) is 8.58. The van der Waals surface area contributed by atoms with Crippen LogP contribution in [0.4, 0.5) is 5.13 Å². The van der Waals surface area contributed by atoms with Crippen LogP contribution in [-0.2, 0) is 4.79 Å². The van der Waals surface area contributed by atoms with E-state index in [2.05, 4.69) is 20.4 Å². The molecule has 2 fully saturated rings. The molecule has 1 aromatic carbocycles. The van der Waals surface area contributed by atoms with Crippen molar-refractivity contribution >= 4 is 22.4 Å². The number of carbonyl (C=O) groups excluding carboxylic acids is 1. The molecule has 1 aliphatic heterocycles. The molecule has 1 aliphatic carbocycles. The first kappa shape index (κ1) is 17.6. The number of benzene rings is 1. The van der Waals surface area contributed by atoms with Crippen LogP contribution in [0.3, 0.4) is 0 Å². The molecule has 1 amide bonds. The van der Waals surface area contributed by atoms with Gasteiger partial charge >= 0.3 is 0 Å². The van der Waals surface area contributed by atoms with Crippen molar-refractivity contribution in [2.24, 2.45) is 0 Å². The van der Waals surface area contributed by atoms with Crippen LogP contribution < -0.4 is 5.32 Å². The van der Waals surface area contributed by atoms with E-state index in [9.17, 15) is 4.79 Å². The Bertz CT molecular complexity index is 720. The number of amides is 1. The fourth-order valence-electron chi connectivity index (χ4n) is 4.14. The van der Waals surface area contributed by atoms with Crippen LogP contribution >= 0.6 is 11.3 Å². The van der Waals surface area contributed by atoms with Crippen LogP contribution in [-0.4, -0.2) is 34.1 Å². The molecule has 2 aromatic rings. The summed E-state index contributed by atoms with van der Waals surface area (Å²) in [6, 6.07) is 9.81. The predicted molar refractivity (Wildman–Crippen MR) is 104 cm³/mol. The van der Waals surface area contributed by atoms with Gasteiger partial charge < -0.3 is 0 Å². The van der Waals surface area contributed by atoms with E-state index in [4.69, 9.17) is 0 Å². The topological polar surface area (TPSA) is 58.1 Å². The molecule has 138 valence electrons. The third kappa shape index (κ3) is 3.96.